The van der Waals surface area contributed by atoms with Crippen molar-refractivity contribution in [2.75, 3.05) is 5.75 Å². The van der Waals surface area contributed by atoms with Gasteiger partial charge >= 0.3 is 0 Å². The van der Waals surface area contributed by atoms with E-state index in [-0.39, 0.29) is 12.2 Å². The van der Waals surface area contributed by atoms with Crippen LogP contribution in [-0.4, -0.2) is 20.1 Å². The molecule has 0 spiro atoms. The zero-order chi connectivity index (χ0) is 9.57. The van der Waals surface area contributed by atoms with Gasteiger partial charge in [-0.05, 0) is 19.3 Å². The molecule has 0 aliphatic heterocycles. The molecule has 1 saturated carbocycles. The highest BCUT2D eigenvalue weighted by molar-refractivity contribution is 7.89. The topological polar surface area (TPSA) is 60.2 Å². The monoisotopic (exact) mass is 199 g/mol. The van der Waals surface area contributed by atoms with Crippen molar-refractivity contribution in [3.63, 3.8) is 0 Å². The minimum absolute atomic E-state index is 0.264. The third-order valence-corrected chi connectivity index (χ3v) is 2.91. The van der Waals surface area contributed by atoms with Crippen molar-refractivity contribution >= 4 is 10.0 Å². The predicted octanol–water partition coefficient (Wildman–Crippen LogP) is 0.566. The van der Waals surface area contributed by atoms with Crippen LogP contribution in [0.5, 0.6) is 0 Å². The Bertz CT molecular complexity index is 270. The first-order chi connectivity index (χ1) is 5.20. The Balaban J connectivity index is 2.45. The molecule has 1 aliphatic carbocycles. The number of sulfonamides is 1. The molecule has 0 aromatic heterocycles. The van der Waals surface area contributed by atoms with Crippen LogP contribution < -0.4 is 5.14 Å². The molecule has 0 unspecified atom stereocenters. The van der Waals surface area contributed by atoms with E-state index >= 15 is 0 Å². The summed E-state index contributed by atoms with van der Waals surface area (Å²) < 4.78 is 46.0. The van der Waals surface area contributed by atoms with Crippen molar-refractivity contribution in [2.45, 2.75) is 19.3 Å². The lowest BCUT2D eigenvalue weighted by molar-refractivity contribution is -0.00630. The van der Waals surface area contributed by atoms with Gasteiger partial charge in [0.05, 0.1) is 5.75 Å². The average molecular weight is 199 g/mol. The second-order valence-corrected chi connectivity index (χ2v) is 5.05. The Morgan fingerprint density at radius 3 is 2.33 bits per heavy atom. The van der Waals surface area contributed by atoms with E-state index in [1.165, 1.54) is 0 Å². The quantitative estimate of drug-likeness (QED) is 0.722. The number of hydrogen-bond donors (Lipinski definition) is 1. The maximum Gasteiger partial charge on any atom is 0.248 e. The van der Waals surface area contributed by atoms with Crippen LogP contribution in [0, 0.1) is 11.8 Å². The van der Waals surface area contributed by atoms with Gasteiger partial charge in [-0.2, -0.15) is 0 Å². The van der Waals surface area contributed by atoms with E-state index in [4.69, 9.17) is 5.14 Å². The summed E-state index contributed by atoms with van der Waals surface area (Å²) in [5, 5.41) is 4.71. The smallest absolute Gasteiger partial charge is 0.229 e. The van der Waals surface area contributed by atoms with E-state index in [1.54, 1.807) is 0 Å². The number of rotatable bonds is 3. The average Bonchev–Trinajstić information content (AvgIpc) is 2.37. The van der Waals surface area contributed by atoms with Crippen molar-refractivity contribution < 1.29 is 17.2 Å². The molecule has 0 aromatic rings. The Morgan fingerprint density at radius 1 is 1.58 bits per heavy atom. The van der Waals surface area contributed by atoms with Crippen molar-refractivity contribution in [3.8, 4) is 0 Å². The first-order valence-corrected chi connectivity index (χ1v) is 5.30. The van der Waals surface area contributed by atoms with Crippen molar-refractivity contribution in [1.82, 2.24) is 0 Å². The van der Waals surface area contributed by atoms with Gasteiger partial charge in [-0.25, -0.2) is 22.3 Å². The molecule has 2 atom stereocenters. The molecule has 0 aromatic carbocycles. The van der Waals surface area contributed by atoms with Crippen LogP contribution in [0.25, 0.3) is 0 Å². The maximum absolute atomic E-state index is 12.5. The highest BCUT2D eigenvalue weighted by atomic mass is 32.2. The fraction of sp³-hybridized carbons (Fsp3) is 1.00. The summed E-state index contributed by atoms with van der Waals surface area (Å²) in [6, 6.07) is 0. The number of primary sulfonamides is 1. The molecule has 12 heavy (non-hydrogen) atoms. The Morgan fingerprint density at radius 2 is 2.08 bits per heavy atom. The van der Waals surface area contributed by atoms with Gasteiger partial charge in [0.15, 0.2) is 0 Å². The summed E-state index contributed by atoms with van der Waals surface area (Å²) in [6.07, 6.45) is 0.264. The van der Waals surface area contributed by atoms with E-state index in [1.807, 2.05) is 0 Å². The number of alkyl halides is 2. The molecule has 3 nitrogen and oxygen atoms in total. The lowest BCUT2D eigenvalue weighted by atomic mass is 10.2. The van der Waals surface area contributed by atoms with Gasteiger partial charge in [-0.3, -0.25) is 0 Å². The Hall–Kier alpha value is -0.230. The highest BCUT2D eigenvalue weighted by Crippen LogP contribution is 2.49. The lowest BCUT2D eigenvalue weighted by Gasteiger charge is -2.08. The van der Waals surface area contributed by atoms with Crippen LogP contribution in [-0.2, 0) is 10.0 Å². The summed E-state index contributed by atoms with van der Waals surface area (Å²) in [4.78, 5) is 0. The first-order valence-electron chi connectivity index (χ1n) is 3.58. The standard InChI is InChI=1S/C6H11F2NO2S/c1-6(7,8)5-2-4(5)3-12(9,10)11/h4-5H,2-3H2,1H3,(H2,9,10,11)/t4-,5+/m0/s1. The number of nitrogens with two attached hydrogens (primary N) is 1. The van der Waals surface area contributed by atoms with Gasteiger partial charge in [0, 0.05) is 5.92 Å². The van der Waals surface area contributed by atoms with Crippen LogP contribution in [0.15, 0.2) is 0 Å². The zero-order valence-corrected chi connectivity index (χ0v) is 7.44. The molecule has 2 N–H and O–H groups in total. The van der Waals surface area contributed by atoms with Gasteiger partial charge in [0.1, 0.15) is 0 Å². The SMILES string of the molecule is CC(F)(F)[C@@H]1C[C@H]1CS(N)(=O)=O. The van der Waals surface area contributed by atoms with Gasteiger partial charge in [-0.1, -0.05) is 0 Å². The number of hydrogen-bond acceptors (Lipinski definition) is 2. The molecule has 1 aliphatic rings. The molecule has 6 heteroatoms. The molecular weight excluding hydrogens is 188 g/mol. The fourth-order valence-corrected chi connectivity index (χ4v) is 2.32. The molecule has 1 fully saturated rings. The molecule has 0 saturated heterocycles. The van der Waals surface area contributed by atoms with E-state index in [9.17, 15) is 17.2 Å². The predicted molar refractivity (Wildman–Crippen MR) is 40.2 cm³/mol. The van der Waals surface area contributed by atoms with Gasteiger partial charge in [0.2, 0.25) is 15.9 Å². The third kappa shape index (κ3) is 2.67. The van der Waals surface area contributed by atoms with Crippen molar-refractivity contribution in [2.24, 2.45) is 17.0 Å². The van der Waals surface area contributed by atoms with Crippen LogP contribution in [0.2, 0.25) is 0 Å². The van der Waals surface area contributed by atoms with Gasteiger partial charge in [-0.15, -0.1) is 0 Å². The summed E-state index contributed by atoms with van der Waals surface area (Å²) in [5.41, 5.74) is 0. The normalized spacial score (nSPS) is 30.3. The first kappa shape index (κ1) is 9.85. The molecule has 0 radical (unpaired) electrons. The molecule has 0 amide bonds. The van der Waals surface area contributed by atoms with E-state index < -0.39 is 27.8 Å². The summed E-state index contributed by atoms with van der Waals surface area (Å²) in [7, 11) is -3.59. The van der Waals surface area contributed by atoms with Crippen LogP contribution >= 0.6 is 0 Å². The van der Waals surface area contributed by atoms with E-state index in [0.717, 1.165) is 6.92 Å². The number of halogens is 2. The third-order valence-electron chi connectivity index (χ3n) is 2.02. The second kappa shape index (κ2) is 2.63. The Labute approximate surface area is 70.0 Å². The zero-order valence-electron chi connectivity index (χ0n) is 6.63. The van der Waals surface area contributed by atoms with E-state index in [0.29, 0.717) is 0 Å². The molecule has 1 rings (SSSR count). The molecule has 0 heterocycles. The lowest BCUT2D eigenvalue weighted by Crippen LogP contribution is -2.21. The molecule has 72 valence electrons. The minimum Gasteiger partial charge on any atom is -0.229 e. The summed E-state index contributed by atoms with van der Waals surface area (Å²) in [5.74, 6) is -4.33. The van der Waals surface area contributed by atoms with Crippen LogP contribution in [0.3, 0.4) is 0 Å². The van der Waals surface area contributed by atoms with Gasteiger partial charge in [0.25, 0.3) is 0 Å². The van der Waals surface area contributed by atoms with Gasteiger partial charge < -0.3 is 0 Å². The summed E-state index contributed by atoms with van der Waals surface area (Å²) >= 11 is 0. The second-order valence-electron chi connectivity index (χ2n) is 3.39. The molecule has 0 bridgehead atoms. The Kier molecular flexibility index (Phi) is 2.16. The van der Waals surface area contributed by atoms with E-state index in [2.05, 4.69) is 0 Å². The summed E-state index contributed by atoms with van der Waals surface area (Å²) in [6.45, 7) is 0.806. The van der Waals surface area contributed by atoms with Crippen molar-refractivity contribution in [1.29, 1.82) is 0 Å². The maximum atomic E-state index is 12.5. The molecular formula is C6H11F2NO2S. The van der Waals surface area contributed by atoms with Crippen LogP contribution in [0.1, 0.15) is 13.3 Å². The largest absolute Gasteiger partial charge is 0.248 e. The fourth-order valence-electron chi connectivity index (χ4n) is 1.35. The highest BCUT2D eigenvalue weighted by Gasteiger charge is 2.52. The minimum atomic E-state index is -3.59. The van der Waals surface area contributed by atoms with Crippen LogP contribution in [0.4, 0.5) is 8.78 Å². The van der Waals surface area contributed by atoms with Crippen molar-refractivity contribution in [3.05, 3.63) is 0 Å².